The van der Waals surface area contributed by atoms with E-state index in [9.17, 15) is 18.3 Å². The zero-order valence-corrected chi connectivity index (χ0v) is 22.2. The Bertz CT molecular complexity index is 1130. The highest BCUT2D eigenvalue weighted by molar-refractivity contribution is 5.52. The molecule has 0 aromatic heterocycles. The first-order valence-corrected chi connectivity index (χ1v) is 13.5. The number of ether oxygens (including phenoxy) is 2. The molecule has 6 nitrogen and oxygen atoms in total. The van der Waals surface area contributed by atoms with Gasteiger partial charge in [0.2, 0.25) is 6.79 Å². The number of hydrogen-bond donors (Lipinski definition) is 2. The van der Waals surface area contributed by atoms with E-state index in [2.05, 4.69) is 10.2 Å². The van der Waals surface area contributed by atoms with Crippen LogP contribution >= 0.6 is 0 Å². The molecule has 11 heteroatoms. The summed E-state index contributed by atoms with van der Waals surface area (Å²) in [7, 11) is 0. The molecule has 0 bridgehead atoms. The van der Waals surface area contributed by atoms with Gasteiger partial charge in [-0.15, -0.1) is 0 Å². The second-order valence-electron chi connectivity index (χ2n) is 11.3. The lowest BCUT2D eigenvalue weighted by atomic mass is 9.67. The molecule has 3 aliphatic heterocycles. The molecule has 1 fully saturated rings. The van der Waals surface area contributed by atoms with E-state index in [1.807, 2.05) is 0 Å². The molecule has 1 aromatic rings. The van der Waals surface area contributed by atoms with Crippen molar-refractivity contribution < 1.29 is 36.5 Å². The summed E-state index contributed by atoms with van der Waals surface area (Å²) >= 11 is 0. The molecule has 3 heterocycles. The highest BCUT2D eigenvalue weighted by Crippen LogP contribution is 2.55. The number of allylic oxidation sites excluding steroid dienone is 2. The average Bonchev–Trinajstić information content (AvgIpc) is 3.54. The Kier molecular flexibility index (Phi) is 7.87. The van der Waals surface area contributed by atoms with Crippen LogP contribution in [0, 0.1) is 5.41 Å². The Balaban J connectivity index is 1.47. The smallest absolute Gasteiger partial charge is 0.283 e. The summed E-state index contributed by atoms with van der Waals surface area (Å²) in [5.74, 6) is -3.31. The Morgan fingerprint density at radius 2 is 1.97 bits per heavy atom. The fourth-order valence-electron chi connectivity index (χ4n) is 6.38. The number of aliphatic hydroxyl groups excluding tert-OH is 1. The highest BCUT2D eigenvalue weighted by atomic mass is 19.3. The van der Waals surface area contributed by atoms with Crippen molar-refractivity contribution in [2.24, 2.45) is 5.41 Å². The minimum atomic E-state index is -3.46. The van der Waals surface area contributed by atoms with Crippen LogP contribution in [-0.2, 0) is 6.42 Å². The second kappa shape index (κ2) is 10.9. The Hall–Kier alpha value is -2.37. The molecule has 0 saturated carbocycles. The third-order valence-electron chi connectivity index (χ3n) is 8.50. The van der Waals surface area contributed by atoms with Crippen molar-refractivity contribution in [3.05, 3.63) is 46.9 Å². The van der Waals surface area contributed by atoms with Crippen LogP contribution in [0.25, 0.3) is 0 Å². The molecule has 1 aliphatic carbocycles. The SMILES string of the molecule is C[C@@H]1Cc2cc3c(cc2[C@@H](C2(C)C(F)=CC(N[C@H]4CCN(CCCF)C4)=CC2F)N1CC(F)(F)CO)OCO3. The van der Waals surface area contributed by atoms with Gasteiger partial charge < -0.3 is 24.8 Å². The Morgan fingerprint density at radius 1 is 1.23 bits per heavy atom. The van der Waals surface area contributed by atoms with Crippen molar-refractivity contribution >= 4 is 0 Å². The summed E-state index contributed by atoms with van der Waals surface area (Å²) < 4.78 is 85.1. The molecule has 216 valence electrons. The number of likely N-dealkylation sites (tertiary alicyclic amines) is 1. The second-order valence-corrected chi connectivity index (χ2v) is 11.3. The zero-order chi connectivity index (χ0) is 27.9. The minimum absolute atomic E-state index is 0.00610. The number of fused-ring (bicyclic) bond motifs is 2. The lowest BCUT2D eigenvalue weighted by Gasteiger charge is -2.51. The van der Waals surface area contributed by atoms with Gasteiger partial charge in [-0.2, -0.15) is 0 Å². The van der Waals surface area contributed by atoms with Crippen LogP contribution in [0.1, 0.15) is 43.9 Å². The lowest BCUT2D eigenvalue weighted by Crippen LogP contribution is -2.55. The van der Waals surface area contributed by atoms with Crippen LogP contribution in [0.2, 0.25) is 0 Å². The average molecular weight is 558 g/mol. The summed E-state index contributed by atoms with van der Waals surface area (Å²) in [6.45, 7) is 2.61. The van der Waals surface area contributed by atoms with Gasteiger partial charge in [0, 0.05) is 37.4 Å². The Labute approximate surface area is 225 Å². The van der Waals surface area contributed by atoms with Gasteiger partial charge in [0.15, 0.2) is 11.5 Å². The number of halogens is 5. The lowest BCUT2D eigenvalue weighted by molar-refractivity contribution is -0.106. The maximum Gasteiger partial charge on any atom is 0.283 e. The highest BCUT2D eigenvalue weighted by Gasteiger charge is 2.54. The number of nitrogens with one attached hydrogen (secondary N) is 1. The third-order valence-corrected chi connectivity index (χ3v) is 8.50. The normalized spacial score (nSPS) is 31.2. The van der Waals surface area contributed by atoms with E-state index in [1.54, 1.807) is 19.1 Å². The van der Waals surface area contributed by atoms with Crippen LogP contribution in [-0.4, -0.2) is 85.3 Å². The van der Waals surface area contributed by atoms with Crippen molar-refractivity contribution in [3.8, 4) is 11.5 Å². The van der Waals surface area contributed by atoms with Gasteiger partial charge in [-0.05, 0) is 68.5 Å². The summed E-state index contributed by atoms with van der Waals surface area (Å²) in [5, 5.41) is 12.5. The van der Waals surface area contributed by atoms with Gasteiger partial charge in [-0.1, -0.05) is 0 Å². The number of rotatable bonds is 9. The van der Waals surface area contributed by atoms with Crippen LogP contribution < -0.4 is 14.8 Å². The van der Waals surface area contributed by atoms with Crippen molar-refractivity contribution in [1.29, 1.82) is 0 Å². The van der Waals surface area contributed by atoms with Gasteiger partial charge >= 0.3 is 0 Å². The van der Waals surface area contributed by atoms with Gasteiger partial charge in [0.1, 0.15) is 18.6 Å². The molecule has 4 aliphatic rings. The topological polar surface area (TPSA) is 57.2 Å². The van der Waals surface area contributed by atoms with E-state index in [-0.39, 0.29) is 19.5 Å². The predicted octanol–water partition coefficient (Wildman–Crippen LogP) is 4.45. The largest absolute Gasteiger partial charge is 0.454 e. The number of alkyl halides is 4. The summed E-state index contributed by atoms with van der Waals surface area (Å²) in [5.41, 5.74) is -0.258. The van der Waals surface area contributed by atoms with E-state index < -0.39 is 48.6 Å². The molecular formula is C28H36F5N3O3. The molecule has 0 amide bonds. The number of aliphatic hydroxyl groups is 1. The molecule has 0 spiro atoms. The first-order valence-electron chi connectivity index (χ1n) is 13.5. The maximum absolute atomic E-state index is 16.2. The quantitative estimate of drug-likeness (QED) is 0.438. The zero-order valence-electron chi connectivity index (χ0n) is 22.2. The van der Waals surface area contributed by atoms with Gasteiger partial charge in [0.05, 0.1) is 24.7 Å². The molecule has 5 atom stereocenters. The van der Waals surface area contributed by atoms with Crippen molar-refractivity contribution in [3.63, 3.8) is 0 Å². The molecule has 1 saturated heterocycles. The maximum atomic E-state index is 16.2. The van der Waals surface area contributed by atoms with Crippen LogP contribution in [0.4, 0.5) is 22.0 Å². The summed E-state index contributed by atoms with van der Waals surface area (Å²) in [6.07, 6.45) is 2.31. The Morgan fingerprint density at radius 3 is 2.67 bits per heavy atom. The first kappa shape index (κ1) is 28.2. The van der Waals surface area contributed by atoms with Gasteiger partial charge in [-0.25, -0.2) is 17.6 Å². The molecule has 2 unspecified atom stereocenters. The van der Waals surface area contributed by atoms with Crippen molar-refractivity contribution in [1.82, 2.24) is 15.1 Å². The van der Waals surface area contributed by atoms with E-state index in [0.717, 1.165) is 18.5 Å². The molecule has 1 aromatic carbocycles. The number of hydrogen-bond acceptors (Lipinski definition) is 6. The van der Waals surface area contributed by atoms with Crippen LogP contribution in [0.5, 0.6) is 11.5 Å². The van der Waals surface area contributed by atoms with E-state index in [4.69, 9.17) is 9.47 Å². The standard InChI is InChI=1S/C28H36F5N3O3/c1-17-8-18-9-22-23(39-16-38-22)12-21(18)26(36(17)14-28(32,33)15-37)27(2)24(30)10-20(11-25(27)31)34-19-4-7-35(13-19)6-3-5-29/h9-12,17,19,24,26,34,37H,3-8,13-16H2,1-2H3/t17-,19+,24?,26+,27?/m1/s1. The fourth-order valence-corrected chi connectivity index (χ4v) is 6.38. The molecular weight excluding hydrogens is 521 g/mol. The third kappa shape index (κ3) is 5.37. The van der Waals surface area contributed by atoms with Gasteiger partial charge in [0.25, 0.3) is 5.92 Å². The molecule has 2 N–H and O–H groups in total. The monoisotopic (exact) mass is 557 g/mol. The van der Waals surface area contributed by atoms with Crippen molar-refractivity contribution in [2.45, 2.75) is 63.3 Å². The predicted molar refractivity (Wildman–Crippen MR) is 136 cm³/mol. The number of nitrogens with zero attached hydrogens (tertiary/aromatic N) is 2. The van der Waals surface area contributed by atoms with Gasteiger partial charge in [-0.3, -0.25) is 9.29 Å². The van der Waals surface area contributed by atoms with Crippen LogP contribution in [0.15, 0.2) is 35.8 Å². The molecule has 39 heavy (non-hydrogen) atoms. The van der Waals surface area contributed by atoms with E-state index >= 15 is 8.78 Å². The van der Waals surface area contributed by atoms with Crippen molar-refractivity contribution in [2.75, 3.05) is 46.3 Å². The first-order chi connectivity index (χ1) is 18.6. The van der Waals surface area contributed by atoms with E-state index in [0.29, 0.717) is 48.7 Å². The number of benzene rings is 1. The fraction of sp³-hybridized carbons (Fsp3) is 0.643. The minimum Gasteiger partial charge on any atom is -0.454 e. The van der Waals surface area contributed by atoms with Crippen LogP contribution in [0.3, 0.4) is 0 Å². The summed E-state index contributed by atoms with van der Waals surface area (Å²) in [4.78, 5) is 3.52. The molecule has 0 radical (unpaired) electrons. The van der Waals surface area contributed by atoms with E-state index in [1.165, 1.54) is 24.0 Å². The molecule has 5 rings (SSSR count). The summed E-state index contributed by atoms with van der Waals surface area (Å²) in [6, 6.07) is 1.78.